The number of rotatable bonds is 3. The van der Waals surface area contributed by atoms with Gasteiger partial charge in [-0.15, -0.1) is 0 Å². The van der Waals surface area contributed by atoms with E-state index in [9.17, 15) is 14.0 Å². The van der Waals surface area contributed by atoms with E-state index in [1.807, 2.05) is 43.1 Å². The van der Waals surface area contributed by atoms with Gasteiger partial charge in [-0.25, -0.2) is 9.18 Å². The molecule has 2 saturated heterocycles. The van der Waals surface area contributed by atoms with E-state index < -0.39 is 0 Å². The van der Waals surface area contributed by atoms with E-state index in [0.29, 0.717) is 28.8 Å². The van der Waals surface area contributed by atoms with E-state index in [4.69, 9.17) is 0 Å². The Kier molecular flexibility index (Phi) is 4.57. The molecule has 2 aliphatic rings. The number of likely N-dealkylation sites (N-methyl/N-ethyl adjacent to an activating group) is 1. The van der Waals surface area contributed by atoms with Crippen LogP contribution >= 0.6 is 0 Å². The van der Waals surface area contributed by atoms with Crippen LogP contribution in [0.2, 0.25) is 0 Å². The van der Waals surface area contributed by atoms with Crippen LogP contribution in [0.5, 0.6) is 0 Å². The average Bonchev–Trinajstić information content (AvgIpc) is 3.34. The van der Waals surface area contributed by atoms with Crippen molar-refractivity contribution in [1.29, 1.82) is 0 Å². The highest BCUT2D eigenvalue weighted by Crippen LogP contribution is 2.27. The van der Waals surface area contributed by atoms with E-state index >= 15 is 0 Å². The number of halogens is 1. The number of carbonyl (C=O) groups is 2. The van der Waals surface area contributed by atoms with Crippen LogP contribution in [0.3, 0.4) is 0 Å². The van der Waals surface area contributed by atoms with Gasteiger partial charge in [0.1, 0.15) is 11.5 Å². The summed E-state index contributed by atoms with van der Waals surface area (Å²) in [5.74, 6) is -0.673. The molecule has 1 aromatic heterocycles. The van der Waals surface area contributed by atoms with Crippen molar-refractivity contribution >= 4 is 34.2 Å². The third-order valence-electron chi connectivity index (χ3n) is 6.20. The molecule has 31 heavy (non-hydrogen) atoms. The Labute approximate surface area is 179 Å². The summed E-state index contributed by atoms with van der Waals surface area (Å²) in [6.45, 7) is 4.79. The van der Waals surface area contributed by atoms with Gasteiger partial charge in [-0.2, -0.15) is 0 Å². The molecular weight excluding hydrogens is 397 g/mol. The largest absolute Gasteiger partial charge is 0.368 e. The zero-order valence-corrected chi connectivity index (χ0v) is 17.5. The van der Waals surface area contributed by atoms with E-state index in [0.717, 1.165) is 30.9 Å². The van der Waals surface area contributed by atoms with Gasteiger partial charge in [-0.3, -0.25) is 4.79 Å². The van der Waals surface area contributed by atoms with Crippen molar-refractivity contribution in [1.82, 2.24) is 14.8 Å². The predicted octanol–water partition coefficient (Wildman–Crippen LogP) is 3.42. The number of H-pyrrole nitrogens is 1. The second-order valence-electron chi connectivity index (χ2n) is 8.30. The number of nitrogens with zero attached hydrogens (tertiary/aromatic N) is 3. The maximum Gasteiger partial charge on any atom is 0.320 e. The minimum atomic E-state index is -0.354. The maximum atomic E-state index is 14.1. The van der Waals surface area contributed by atoms with Crippen LogP contribution in [0.4, 0.5) is 20.6 Å². The van der Waals surface area contributed by atoms with E-state index in [2.05, 4.69) is 15.2 Å². The molecule has 1 unspecified atom stereocenters. The van der Waals surface area contributed by atoms with Crippen LogP contribution in [-0.2, 0) is 0 Å². The Bertz CT molecular complexity index is 1150. The number of aryl methyl sites for hydroxylation is 1. The Balaban J connectivity index is 1.33. The fraction of sp³-hybridized carbons (Fsp3) is 0.304. The summed E-state index contributed by atoms with van der Waals surface area (Å²) in [6, 6.07) is 12.6. The Morgan fingerprint density at radius 3 is 2.81 bits per heavy atom. The number of hydrogen-bond donors (Lipinski definition) is 2. The first-order chi connectivity index (χ1) is 14.9. The van der Waals surface area contributed by atoms with Crippen molar-refractivity contribution in [3.63, 3.8) is 0 Å². The molecule has 1 atom stereocenters. The monoisotopic (exact) mass is 421 g/mol. The zero-order valence-electron chi connectivity index (χ0n) is 17.5. The smallest absolute Gasteiger partial charge is 0.320 e. The SMILES string of the molecule is Cc1ccc(F)c2cc(C(=O)Nc3cccc(N4CCN5C(=O)N(C)CC5C4)c3)[nH]c12. The number of anilines is 2. The van der Waals surface area contributed by atoms with Crippen molar-refractivity contribution in [2.24, 2.45) is 0 Å². The van der Waals surface area contributed by atoms with Gasteiger partial charge >= 0.3 is 6.03 Å². The van der Waals surface area contributed by atoms with E-state index in [1.54, 1.807) is 17.0 Å². The second-order valence-corrected chi connectivity index (χ2v) is 8.30. The van der Waals surface area contributed by atoms with Gasteiger partial charge < -0.3 is 25.0 Å². The average molecular weight is 421 g/mol. The number of carbonyl (C=O) groups excluding carboxylic acids is 2. The Morgan fingerprint density at radius 2 is 2.00 bits per heavy atom. The van der Waals surface area contributed by atoms with Crippen molar-refractivity contribution in [2.45, 2.75) is 13.0 Å². The van der Waals surface area contributed by atoms with Crippen molar-refractivity contribution in [2.75, 3.05) is 43.4 Å². The van der Waals surface area contributed by atoms with Gasteiger partial charge in [0, 0.05) is 50.0 Å². The molecule has 0 bridgehead atoms. The van der Waals surface area contributed by atoms with Gasteiger partial charge in [-0.05, 0) is 42.8 Å². The molecule has 3 heterocycles. The Hall–Kier alpha value is -3.55. The molecule has 2 aliphatic heterocycles. The highest BCUT2D eigenvalue weighted by Gasteiger charge is 2.38. The molecule has 7 nitrogen and oxygen atoms in total. The molecule has 5 rings (SSSR count). The molecule has 2 N–H and O–H groups in total. The highest BCUT2D eigenvalue weighted by molar-refractivity contribution is 6.06. The lowest BCUT2D eigenvalue weighted by Crippen LogP contribution is -2.52. The number of aromatic nitrogens is 1. The number of fused-ring (bicyclic) bond motifs is 2. The maximum absolute atomic E-state index is 14.1. The molecule has 3 amide bonds. The van der Waals surface area contributed by atoms with Crippen LogP contribution in [0.25, 0.3) is 10.9 Å². The van der Waals surface area contributed by atoms with E-state index in [1.165, 1.54) is 6.07 Å². The third-order valence-corrected chi connectivity index (χ3v) is 6.20. The number of piperazine rings is 1. The lowest BCUT2D eigenvalue weighted by atomic mass is 10.1. The van der Waals surface area contributed by atoms with Crippen LogP contribution in [0, 0.1) is 12.7 Å². The quantitative estimate of drug-likeness (QED) is 0.681. The van der Waals surface area contributed by atoms with Crippen molar-refractivity contribution < 1.29 is 14.0 Å². The zero-order chi connectivity index (χ0) is 21.7. The standard InChI is InChI=1S/C23H24FN5O2/c1-14-6-7-19(24)18-11-20(26-21(14)18)22(30)25-15-4-3-5-16(10-15)28-8-9-29-17(13-28)12-27(2)23(29)31/h3-7,10-11,17,26H,8-9,12-13H2,1-2H3,(H,25,30). The fourth-order valence-electron chi connectivity index (χ4n) is 4.54. The number of amides is 3. The summed E-state index contributed by atoms with van der Waals surface area (Å²) in [6.07, 6.45) is 0. The van der Waals surface area contributed by atoms with Crippen LogP contribution in [0.1, 0.15) is 16.1 Å². The molecule has 0 spiro atoms. The topological polar surface area (TPSA) is 71.7 Å². The third kappa shape index (κ3) is 3.37. The molecule has 3 aromatic rings. The summed E-state index contributed by atoms with van der Waals surface area (Å²) in [5.41, 5.74) is 3.49. The number of benzene rings is 2. The number of urea groups is 1. The van der Waals surface area contributed by atoms with Gasteiger partial charge in [0.25, 0.3) is 5.91 Å². The number of nitrogens with one attached hydrogen (secondary N) is 2. The van der Waals surface area contributed by atoms with E-state index in [-0.39, 0.29) is 23.8 Å². The first-order valence-corrected chi connectivity index (χ1v) is 10.4. The first kappa shape index (κ1) is 19.4. The molecular formula is C23H24FN5O2. The molecule has 160 valence electrons. The summed E-state index contributed by atoms with van der Waals surface area (Å²) in [5, 5.41) is 3.32. The molecule has 2 fully saturated rings. The lowest BCUT2D eigenvalue weighted by Gasteiger charge is -2.37. The summed E-state index contributed by atoms with van der Waals surface area (Å²) >= 11 is 0. The molecule has 0 radical (unpaired) electrons. The first-order valence-electron chi connectivity index (χ1n) is 10.4. The van der Waals surface area contributed by atoms with Gasteiger partial charge in [0.15, 0.2) is 0 Å². The van der Waals surface area contributed by atoms with Crippen LogP contribution in [0.15, 0.2) is 42.5 Å². The minimum Gasteiger partial charge on any atom is -0.368 e. The van der Waals surface area contributed by atoms with Gasteiger partial charge in [-0.1, -0.05) is 12.1 Å². The number of aromatic amines is 1. The summed E-state index contributed by atoms with van der Waals surface area (Å²) in [4.78, 5) is 33.9. The fourth-order valence-corrected chi connectivity index (χ4v) is 4.54. The van der Waals surface area contributed by atoms with Crippen LogP contribution in [-0.4, -0.2) is 66.0 Å². The van der Waals surface area contributed by atoms with Crippen LogP contribution < -0.4 is 10.2 Å². The predicted molar refractivity (Wildman–Crippen MR) is 118 cm³/mol. The van der Waals surface area contributed by atoms with Crippen molar-refractivity contribution in [3.05, 3.63) is 59.5 Å². The van der Waals surface area contributed by atoms with Crippen molar-refractivity contribution in [3.8, 4) is 0 Å². The number of hydrogen-bond acceptors (Lipinski definition) is 3. The summed E-state index contributed by atoms with van der Waals surface area (Å²) < 4.78 is 14.1. The highest BCUT2D eigenvalue weighted by atomic mass is 19.1. The molecule has 2 aromatic carbocycles. The second kappa shape index (κ2) is 7.30. The summed E-state index contributed by atoms with van der Waals surface area (Å²) in [7, 11) is 1.83. The normalized spacial score (nSPS) is 18.6. The van der Waals surface area contributed by atoms with Gasteiger partial charge in [0.2, 0.25) is 0 Å². The molecule has 8 heteroatoms. The molecule has 0 saturated carbocycles. The molecule has 0 aliphatic carbocycles. The lowest BCUT2D eigenvalue weighted by molar-refractivity contribution is 0.102. The minimum absolute atomic E-state index is 0.0932. The van der Waals surface area contributed by atoms with Gasteiger partial charge in [0.05, 0.1) is 11.6 Å². The Morgan fingerprint density at radius 1 is 1.16 bits per heavy atom.